The van der Waals surface area contributed by atoms with Crippen LogP contribution in [0.4, 0.5) is 5.69 Å². The van der Waals surface area contributed by atoms with Crippen LogP contribution in [0.2, 0.25) is 0 Å². The molecule has 1 amide bonds. The predicted molar refractivity (Wildman–Crippen MR) is 53.4 cm³/mol. The summed E-state index contributed by atoms with van der Waals surface area (Å²) in [4.78, 5) is 11.4. The first-order chi connectivity index (χ1) is 6.65. The van der Waals surface area contributed by atoms with Crippen LogP contribution in [0.15, 0.2) is 6.20 Å². The van der Waals surface area contributed by atoms with Crippen LogP contribution in [-0.4, -0.2) is 22.2 Å². The van der Waals surface area contributed by atoms with Gasteiger partial charge in [-0.05, 0) is 0 Å². The molecule has 1 heterocycles. The van der Waals surface area contributed by atoms with Crippen LogP contribution in [0.5, 0.6) is 0 Å². The number of nitrogens with two attached hydrogens (primary N) is 1. The molecule has 0 radical (unpaired) electrons. The first-order valence-corrected chi connectivity index (χ1v) is 4.16. The first-order valence-electron chi connectivity index (χ1n) is 4.16. The number of hydrogen-bond donors (Lipinski definition) is 2. The summed E-state index contributed by atoms with van der Waals surface area (Å²) in [6, 6.07) is 0. The lowest BCUT2D eigenvalue weighted by atomic mass is 10.3. The van der Waals surface area contributed by atoms with Crippen LogP contribution in [0.1, 0.15) is 16.9 Å². The molecule has 0 unspecified atom stereocenters. The van der Waals surface area contributed by atoms with Gasteiger partial charge in [-0.15, -0.1) is 12.3 Å². The third kappa shape index (κ3) is 2.26. The van der Waals surface area contributed by atoms with E-state index in [4.69, 9.17) is 12.2 Å². The normalized spacial score (nSPS) is 9.43. The standard InChI is InChI=1S/C9H12N4O/c1-3-4-5-11-9(14)8-7(10)6-13(2)12-8/h1,6H,4-5,10H2,2H3,(H,11,14). The molecule has 5 heteroatoms. The number of aromatic nitrogens is 2. The molecule has 74 valence electrons. The molecule has 0 aliphatic carbocycles. The van der Waals surface area contributed by atoms with Gasteiger partial charge in [-0.1, -0.05) is 0 Å². The van der Waals surface area contributed by atoms with Crippen molar-refractivity contribution in [3.8, 4) is 12.3 Å². The van der Waals surface area contributed by atoms with E-state index in [9.17, 15) is 4.79 Å². The Hall–Kier alpha value is -1.96. The Balaban J connectivity index is 2.61. The Morgan fingerprint density at radius 2 is 2.57 bits per heavy atom. The van der Waals surface area contributed by atoms with Gasteiger partial charge in [0.25, 0.3) is 5.91 Å². The van der Waals surface area contributed by atoms with E-state index in [1.807, 2.05) is 0 Å². The number of nitrogen functional groups attached to an aromatic ring is 1. The summed E-state index contributed by atoms with van der Waals surface area (Å²) in [5, 5.41) is 6.53. The average molecular weight is 192 g/mol. The molecule has 1 aromatic heterocycles. The number of nitrogens with zero attached hydrogens (tertiary/aromatic N) is 2. The molecule has 0 aliphatic heterocycles. The Kier molecular flexibility index (Phi) is 3.13. The molecule has 1 aromatic rings. The minimum atomic E-state index is -0.293. The molecule has 0 aromatic carbocycles. The van der Waals surface area contributed by atoms with Gasteiger partial charge < -0.3 is 11.1 Å². The summed E-state index contributed by atoms with van der Waals surface area (Å²) in [5.41, 5.74) is 6.17. The second-order valence-corrected chi connectivity index (χ2v) is 2.82. The van der Waals surface area contributed by atoms with Gasteiger partial charge >= 0.3 is 0 Å². The van der Waals surface area contributed by atoms with E-state index in [0.717, 1.165) is 0 Å². The van der Waals surface area contributed by atoms with E-state index in [1.54, 1.807) is 13.2 Å². The zero-order chi connectivity index (χ0) is 10.6. The molecule has 0 fully saturated rings. The molecular formula is C9H12N4O. The van der Waals surface area contributed by atoms with Crippen molar-refractivity contribution in [3.05, 3.63) is 11.9 Å². The van der Waals surface area contributed by atoms with Crippen molar-refractivity contribution in [2.45, 2.75) is 6.42 Å². The van der Waals surface area contributed by atoms with Crippen LogP contribution in [0.25, 0.3) is 0 Å². The van der Waals surface area contributed by atoms with E-state index in [0.29, 0.717) is 18.7 Å². The molecule has 5 nitrogen and oxygen atoms in total. The highest BCUT2D eigenvalue weighted by Gasteiger charge is 2.12. The second-order valence-electron chi connectivity index (χ2n) is 2.82. The number of nitrogens with one attached hydrogen (secondary N) is 1. The zero-order valence-corrected chi connectivity index (χ0v) is 7.95. The van der Waals surface area contributed by atoms with E-state index in [2.05, 4.69) is 16.3 Å². The summed E-state index contributed by atoms with van der Waals surface area (Å²) < 4.78 is 1.49. The topological polar surface area (TPSA) is 72.9 Å². The minimum absolute atomic E-state index is 0.240. The summed E-state index contributed by atoms with van der Waals surface area (Å²) in [5.74, 6) is 2.13. The lowest BCUT2D eigenvalue weighted by molar-refractivity contribution is 0.0949. The van der Waals surface area contributed by atoms with E-state index in [-0.39, 0.29) is 11.6 Å². The number of carbonyl (C=O) groups excluding carboxylic acids is 1. The Morgan fingerprint density at radius 3 is 3.07 bits per heavy atom. The smallest absolute Gasteiger partial charge is 0.273 e. The maximum absolute atomic E-state index is 11.4. The summed E-state index contributed by atoms with van der Waals surface area (Å²) in [6.07, 6.45) is 7.12. The number of carbonyl (C=O) groups is 1. The molecule has 0 bridgehead atoms. The van der Waals surface area contributed by atoms with Gasteiger partial charge in [-0.25, -0.2) is 0 Å². The number of terminal acetylenes is 1. The van der Waals surface area contributed by atoms with Gasteiger partial charge in [-0.3, -0.25) is 9.48 Å². The summed E-state index contributed by atoms with van der Waals surface area (Å²) in [7, 11) is 1.70. The Morgan fingerprint density at radius 1 is 1.86 bits per heavy atom. The SMILES string of the molecule is C#CCCNC(=O)c1nn(C)cc1N. The first kappa shape index (κ1) is 10.1. The van der Waals surface area contributed by atoms with Crippen LogP contribution in [-0.2, 0) is 7.05 Å². The lowest BCUT2D eigenvalue weighted by Crippen LogP contribution is -2.25. The lowest BCUT2D eigenvalue weighted by Gasteiger charge is -1.99. The Bertz CT molecular complexity index is 375. The fourth-order valence-corrected chi connectivity index (χ4v) is 1.02. The van der Waals surface area contributed by atoms with Gasteiger partial charge in [-0.2, -0.15) is 5.10 Å². The van der Waals surface area contributed by atoms with E-state index >= 15 is 0 Å². The van der Waals surface area contributed by atoms with Crippen molar-refractivity contribution in [1.29, 1.82) is 0 Å². The van der Waals surface area contributed by atoms with Crippen LogP contribution >= 0.6 is 0 Å². The van der Waals surface area contributed by atoms with E-state index in [1.165, 1.54) is 4.68 Å². The van der Waals surface area contributed by atoms with Gasteiger partial charge in [0.15, 0.2) is 5.69 Å². The average Bonchev–Trinajstić information content (AvgIpc) is 2.45. The molecule has 0 atom stereocenters. The number of amides is 1. The maximum Gasteiger partial charge on any atom is 0.273 e. The summed E-state index contributed by atoms with van der Waals surface area (Å²) >= 11 is 0. The predicted octanol–water partition coefficient (Wildman–Crippen LogP) is -0.245. The van der Waals surface area contributed by atoms with E-state index < -0.39 is 0 Å². The molecule has 0 saturated heterocycles. The second kappa shape index (κ2) is 4.33. The van der Waals surface area contributed by atoms with Gasteiger partial charge in [0.2, 0.25) is 0 Å². The van der Waals surface area contributed by atoms with Crippen molar-refractivity contribution in [3.63, 3.8) is 0 Å². The molecule has 14 heavy (non-hydrogen) atoms. The zero-order valence-electron chi connectivity index (χ0n) is 7.95. The number of hydrogen-bond acceptors (Lipinski definition) is 3. The summed E-state index contributed by atoms with van der Waals surface area (Å²) in [6.45, 7) is 0.436. The largest absolute Gasteiger partial charge is 0.396 e. The van der Waals surface area contributed by atoms with Crippen LogP contribution < -0.4 is 11.1 Å². The number of rotatable bonds is 3. The van der Waals surface area contributed by atoms with Crippen molar-refractivity contribution in [2.75, 3.05) is 12.3 Å². The fourth-order valence-electron chi connectivity index (χ4n) is 1.02. The van der Waals surface area contributed by atoms with Crippen LogP contribution in [0.3, 0.4) is 0 Å². The molecule has 1 rings (SSSR count). The third-order valence-corrected chi connectivity index (χ3v) is 1.63. The molecule has 0 spiro atoms. The molecule has 0 aliphatic rings. The Labute approximate surface area is 82.3 Å². The highest BCUT2D eigenvalue weighted by atomic mass is 16.1. The van der Waals surface area contributed by atoms with Crippen molar-refractivity contribution >= 4 is 11.6 Å². The maximum atomic E-state index is 11.4. The molecule has 3 N–H and O–H groups in total. The third-order valence-electron chi connectivity index (χ3n) is 1.63. The monoisotopic (exact) mass is 192 g/mol. The fraction of sp³-hybridized carbons (Fsp3) is 0.333. The minimum Gasteiger partial charge on any atom is -0.396 e. The molecule has 0 saturated carbocycles. The highest BCUT2D eigenvalue weighted by molar-refractivity contribution is 5.96. The quantitative estimate of drug-likeness (QED) is 0.512. The van der Waals surface area contributed by atoms with Gasteiger partial charge in [0, 0.05) is 26.2 Å². The number of anilines is 1. The van der Waals surface area contributed by atoms with Gasteiger partial charge in [0.1, 0.15) is 0 Å². The van der Waals surface area contributed by atoms with Crippen molar-refractivity contribution in [1.82, 2.24) is 15.1 Å². The molecular weight excluding hydrogens is 180 g/mol. The van der Waals surface area contributed by atoms with Crippen molar-refractivity contribution in [2.24, 2.45) is 7.05 Å². The van der Waals surface area contributed by atoms with Gasteiger partial charge in [0.05, 0.1) is 5.69 Å². The number of aryl methyl sites for hydroxylation is 1. The highest BCUT2D eigenvalue weighted by Crippen LogP contribution is 2.06. The van der Waals surface area contributed by atoms with Crippen molar-refractivity contribution < 1.29 is 4.79 Å². The van der Waals surface area contributed by atoms with Crippen LogP contribution in [0, 0.1) is 12.3 Å².